The highest BCUT2D eigenvalue weighted by Gasteiger charge is 2.27. The van der Waals surface area contributed by atoms with Crippen molar-refractivity contribution in [1.29, 1.82) is 0 Å². The van der Waals surface area contributed by atoms with Gasteiger partial charge in [-0.2, -0.15) is 0 Å². The Bertz CT molecular complexity index is 472. The first-order valence-corrected chi connectivity index (χ1v) is 8.25. The Morgan fingerprint density at radius 1 is 1.40 bits per heavy atom. The van der Waals surface area contributed by atoms with Crippen LogP contribution in [0.15, 0.2) is 16.7 Å². The number of halogens is 1. The molecule has 1 saturated heterocycles. The molecule has 1 aliphatic heterocycles. The molecule has 2 heterocycles. The maximum atomic E-state index is 12.7. The van der Waals surface area contributed by atoms with Gasteiger partial charge in [0.1, 0.15) is 5.69 Å². The van der Waals surface area contributed by atoms with Gasteiger partial charge in [0.15, 0.2) is 0 Å². The summed E-state index contributed by atoms with van der Waals surface area (Å²) in [5, 5.41) is 0. The number of piperazine rings is 1. The molecule has 1 aliphatic rings. The van der Waals surface area contributed by atoms with E-state index in [9.17, 15) is 4.79 Å². The first-order valence-electron chi connectivity index (χ1n) is 7.45. The molecule has 5 heteroatoms. The third-order valence-corrected chi connectivity index (χ3v) is 4.44. The normalized spacial score (nSPS) is 20.4. The molecule has 0 radical (unpaired) electrons. The minimum Gasteiger partial charge on any atom is -0.342 e. The van der Waals surface area contributed by atoms with Gasteiger partial charge in [-0.3, -0.25) is 9.69 Å². The molecule has 112 valence electrons. The highest BCUT2D eigenvalue weighted by molar-refractivity contribution is 9.10. The van der Waals surface area contributed by atoms with Gasteiger partial charge < -0.3 is 9.47 Å². The average molecular weight is 342 g/mol. The van der Waals surface area contributed by atoms with Gasteiger partial charge in [-0.25, -0.2) is 0 Å². The molecular formula is C15H24BrN3O. The van der Waals surface area contributed by atoms with Crippen LogP contribution in [0.2, 0.25) is 0 Å². The summed E-state index contributed by atoms with van der Waals surface area (Å²) < 4.78 is 3.04. The Kier molecular flexibility index (Phi) is 5.27. The van der Waals surface area contributed by atoms with Crippen LogP contribution in [-0.4, -0.2) is 52.5 Å². The molecule has 4 nitrogen and oxygen atoms in total. The van der Waals surface area contributed by atoms with Crippen LogP contribution >= 0.6 is 15.9 Å². The van der Waals surface area contributed by atoms with Crippen LogP contribution in [0, 0.1) is 0 Å². The Balaban J connectivity index is 2.12. The average Bonchev–Trinajstić information content (AvgIpc) is 2.79. The highest BCUT2D eigenvalue weighted by atomic mass is 79.9. The SMILES string of the molecule is CCCn1cc(Br)cc1C(=O)N1CCN(CC)C(C)C1. The van der Waals surface area contributed by atoms with Crippen LogP contribution in [-0.2, 0) is 6.54 Å². The second-order valence-electron chi connectivity index (χ2n) is 5.47. The Hall–Kier alpha value is -0.810. The van der Waals surface area contributed by atoms with Crippen molar-refractivity contribution in [3.05, 3.63) is 22.4 Å². The highest BCUT2D eigenvalue weighted by Crippen LogP contribution is 2.19. The van der Waals surface area contributed by atoms with Gasteiger partial charge in [0.05, 0.1) is 0 Å². The molecule has 20 heavy (non-hydrogen) atoms. The lowest BCUT2D eigenvalue weighted by molar-refractivity contribution is 0.0518. The third-order valence-electron chi connectivity index (χ3n) is 4.01. The van der Waals surface area contributed by atoms with Crippen molar-refractivity contribution in [2.75, 3.05) is 26.2 Å². The molecule has 0 aliphatic carbocycles. The summed E-state index contributed by atoms with van der Waals surface area (Å²) in [7, 11) is 0. The van der Waals surface area contributed by atoms with Gasteiger partial charge in [0, 0.05) is 42.9 Å². The van der Waals surface area contributed by atoms with Crippen molar-refractivity contribution in [2.45, 2.75) is 39.8 Å². The summed E-state index contributed by atoms with van der Waals surface area (Å²) in [6.45, 7) is 11.1. The minimum absolute atomic E-state index is 0.159. The van der Waals surface area contributed by atoms with Crippen LogP contribution in [0.4, 0.5) is 0 Å². The van der Waals surface area contributed by atoms with Gasteiger partial charge in [-0.05, 0) is 41.9 Å². The van der Waals surface area contributed by atoms with Crippen LogP contribution < -0.4 is 0 Å². The summed E-state index contributed by atoms with van der Waals surface area (Å²) in [5.74, 6) is 0.159. The molecule has 2 rings (SSSR count). The molecule has 0 aromatic carbocycles. The third kappa shape index (κ3) is 3.26. The lowest BCUT2D eigenvalue weighted by Gasteiger charge is -2.39. The number of rotatable bonds is 4. The molecule has 1 atom stereocenters. The molecule has 0 N–H and O–H groups in total. The van der Waals surface area contributed by atoms with Gasteiger partial charge >= 0.3 is 0 Å². The first kappa shape index (κ1) is 15.6. The maximum Gasteiger partial charge on any atom is 0.270 e. The van der Waals surface area contributed by atoms with Gasteiger partial charge in [0.2, 0.25) is 0 Å². The lowest BCUT2D eigenvalue weighted by atomic mass is 10.2. The maximum absolute atomic E-state index is 12.7. The Morgan fingerprint density at radius 2 is 2.15 bits per heavy atom. The monoisotopic (exact) mass is 341 g/mol. The van der Waals surface area contributed by atoms with E-state index < -0.39 is 0 Å². The van der Waals surface area contributed by atoms with Gasteiger partial charge in [-0.1, -0.05) is 13.8 Å². The topological polar surface area (TPSA) is 28.5 Å². The lowest BCUT2D eigenvalue weighted by Crippen LogP contribution is -2.53. The zero-order valence-electron chi connectivity index (χ0n) is 12.6. The second-order valence-corrected chi connectivity index (χ2v) is 6.38. The van der Waals surface area contributed by atoms with Gasteiger partial charge in [0.25, 0.3) is 5.91 Å². The predicted octanol–water partition coefficient (Wildman–Crippen LogP) is 2.83. The summed E-state index contributed by atoms with van der Waals surface area (Å²) in [6, 6.07) is 2.38. The molecule has 1 aromatic rings. The van der Waals surface area contributed by atoms with Crippen molar-refractivity contribution in [1.82, 2.24) is 14.4 Å². The van der Waals surface area contributed by atoms with Crippen LogP contribution in [0.25, 0.3) is 0 Å². The second kappa shape index (κ2) is 6.76. The van der Waals surface area contributed by atoms with E-state index in [1.165, 1.54) is 0 Å². The molecule has 1 fully saturated rings. The molecule has 0 bridgehead atoms. The number of aromatic nitrogens is 1. The smallest absolute Gasteiger partial charge is 0.270 e. The number of carbonyl (C=O) groups excluding carboxylic acids is 1. The zero-order chi connectivity index (χ0) is 14.7. The number of carbonyl (C=O) groups is 1. The molecule has 0 spiro atoms. The largest absolute Gasteiger partial charge is 0.342 e. The van der Waals surface area contributed by atoms with E-state index in [0.29, 0.717) is 6.04 Å². The molecule has 0 saturated carbocycles. The predicted molar refractivity (Wildman–Crippen MR) is 85.0 cm³/mol. The number of hydrogen-bond acceptors (Lipinski definition) is 2. The van der Waals surface area contributed by atoms with Crippen molar-refractivity contribution >= 4 is 21.8 Å². The van der Waals surface area contributed by atoms with Crippen molar-refractivity contribution in [2.24, 2.45) is 0 Å². The van der Waals surface area contributed by atoms with Crippen LogP contribution in [0.3, 0.4) is 0 Å². The Morgan fingerprint density at radius 3 is 2.75 bits per heavy atom. The summed E-state index contributed by atoms with van der Waals surface area (Å²) in [4.78, 5) is 17.1. The molecule has 1 amide bonds. The fraction of sp³-hybridized carbons (Fsp3) is 0.667. The molecular weight excluding hydrogens is 318 g/mol. The van der Waals surface area contributed by atoms with E-state index in [1.807, 2.05) is 17.2 Å². The van der Waals surface area contributed by atoms with E-state index >= 15 is 0 Å². The van der Waals surface area contributed by atoms with E-state index in [-0.39, 0.29) is 5.91 Å². The van der Waals surface area contributed by atoms with E-state index in [0.717, 1.165) is 49.3 Å². The van der Waals surface area contributed by atoms with Crippen molar-refractivity contribution in [3.8, 4) is 0 Å². The van der Waals surface area contributed by atoms with E-state index in [4.69, 9.17) is 0 Å². The quantitative estimate of drug-likeness (QED) is 0.842. The summed E-state index contributed by atoms with van der Waals surface area (Å²) in [6.07, 6.45) is 3.03. The molecule has 1 aromatic heterocycles. The first-order chi connectivity index (χ1) is 9.56. The zero-order valence-corrected chi connectivity index (χ0v) is 14.2. The number of amides is 1. The van der Waals surface area contributed by atoms with Gasteiger partial charge in [-0.15, -0.1) is 0 Å². The minimum atomic E-state index is 0.159. The number of aryl methyl sites for hydroxylation is 1. The number of likely N-dealkylation sites (N-methyl/N-ethyl adjacent to an activating group) is 1. The summed E-state index contributed by atoms with van der Waals surface area (Å²) >= 11 is 3.48. The number of nitrogens with zero attached hydrogens (tertiary/aromatic N) is 3. The summed E-state index contributed by atoms with van der Waals surface area (Å²) in [5.41, 5.74) is 0.802. The van der Waals surface area contributed by atoms with E-state index in [2.05, 4.69) is 46.2 Å². The fourth-order valence-corrected chi connectivity index (χ4v) is 3.36. The standard InChI is InChI=1S/C15H24BrN3O/c1-4-6-18-11-13(16)9-14(18)15(20)19-8-7-17(5-2)12(3)10-19/h9,11-12H,4-8,10H2,1-3H3. The van der Waals surface area contributed by atoms with Crippen molar-refractivity contribution in [3.63, 3.8) is 0 Å². The number of hydrogen-bond donors (Lipinski definition) is 0. The van der Waals surface area contributed by atoms with Crippen LogP contribution in [0.5, 0.6) is 0 Å². The Labute approximate surface area is 129 Å². The fourth-order valence-electron chi connectivity index (χ4n) is 2.89. The van der Waals surface area contributed by atoms with E-state index in [1.54, 1.807) is 0 Å². The van der Waals surface area contributed by atoms with Crippen LogP contribution in [0.1, 0.15) is 37.7 Å². The molecule has 1 unspecified atom stereocenters. The van der Waals surface area contributed by atoms with Crippen molar-refractivity contribution < 1.29 is 4.79 Å².